The van der Waals surface area contributed by atoms with Gasteiger partial charge in [0.15, 0.2) is 0 Å². The van der Waals surface area contributed by atoms with Gasteiger partial charge in [-0.2, -0.15) is 0 Å². The summed E-state index contributed by atoms with van der Waals surface area (Å²) in [5.74, 6) is 0.179. The summed E-state index contributed by atoms with van der Waals surface area (Å²) in [6.07, 6.45) is 3.09. The number of carbonyl (C=O) groups excluding carboxylic acids is 1. The number of aryl methyl sites for hydroxylation is 4. The number of hydrogen-bond acceptors (Lipinski definition) is 1. The average Bonchev–Trinajstić information content (AvgIpc) is 3.48. The molecule has 4 heteroatoms. The van der Waals surface area contributed by atoms with E-state index in [1.54, 1.807) is 0 Å². The molecule has 1 aliphatic rings. The zero-order valence-corrected chi connectivity index (χ0v) is 28.0. The molecule has 0 N–H and O–H groups in total. The van der Waals surface area contributed by atoms with Crippen molar-refractivity contribution in [2.24, 2.45) is 0 Å². The topological polar surface area (TPSA) is 20.3 Å². The molecule has 2 nitrogen and oxygen atoms in total. The Morgan fingerprint density at radius 2 is 1.11 bits per heavy atom. The first-order valence-electron chi connectivity index (χ1n) is 15.6. The lowest BCUT2D eigenvalue weighted by atomic mass is 10.1. The number of amides is 1. The monoisotopic (exact) mass is 613 g/mol. The first kappa shape index (κ1) is 30.5. The molecule has 1 aliphatic heterocycles. The van der Waals surface area contributed by atoms with Crippen molar-refractivity contribution in [3.63, 3.8) is 0 Å². The summed E-state index contributed by atoms with van der Waals surface area (Å²) >= 11 is 0. The lowest BCUT2D eigenvalue weighted by Crippen LogP contribution is -2.41. The van der Waals surface area contributed by atoms with Crippen LogP contribution >= 0.6 is 15.8 Å². The molecule has 0 bridgehead atoms. The maximum Gasteiger partial charge on any atom is 0.254 e. The molecule has 222 valence electrons. The van der Waals surface area contributed by atoms with Crippen molar-refractivity contribution in [3.05, 3.63) is 149 Å². The van der Waals surface area contributed by atoms with Crippen LogP contribution in [0.5, 0.6) is 0 Å². The standard InChI is InChI=1S/C40H41NOP2/c1-29-22-30(2)25-36(24-29)43(37-26-31(3)23-32(4)27-37)28-33-14-13-21-41(33)40(42)38-19-11-12-20-39(38)44(34-15-7-5-8-16-34)35-17-9-6-10-18-35/h5-12,15-20,22-27,33H,13-14,21,28H2,1-4H3. The molecule has 1 unspecified atom stereocenters. The van der Waals surface area contributed by atoms with Gasteiger partial charge in [0.2, 0.25) is 0 Å². The van der Waals surface area contributed by atoms with E-state index in [0.29, 0.717) is 0 Å². The molecule has 44 heavy (non-hydrogen) atoms. The quantitative estimate of drug-likeness (QED) is 0.167. The molecule has 0 radical (unpaired) electrons. The molecule has 0 saturated carbocycles. The number of hydrogen-bond donors (Lipinski definition) is 0. The van der Waals surface area contributed by atoms with E-state index in [-0.39, 0.29) is 11.9 Å². The highest BCUT2D eigenvalue weighted by Gasteiger charge is 2.34. The van der Waals surface area contributed by atoms with E-state index in [9.17, 15) is 4.79 Å². The molecule has 1 amide bonds. The van der Waals surface area contributed by atoms with Gasteiger partial charge >= 0.3 is 0 Å². The van der Waals surface area contributed by atoms with Gasteiger partial charge in [0.05, 0.1) is 0 Å². The Bertz CT molecular complexity index is 1620. The Morgan fingerprint density at radius 3 is 1.64 bits per heavy atom. The van der Waals surface area contributed by atoms with Crippen LogP contribution in [0.15, 0.2) is 121 Å². The lowest BCUT2D eigenvalue weighted by Gasteiger charge is -2.31. The summed E-state index contributed by atoms with van der Waals surface area (Å²) in [7, 11) is -1.50. The van der Waals surface area contributed by atoms with Crippen LogP contribution in [-0.4, -0.2) is 29.6 Å². The van der Waals surface area contributed by atoms with E-state index in [0.717, 1.165) is 36.4 Å². The zero-order chi connectivity index (χ0) is 30.6. The molecule has 6 rings (SSSR count). The lowest BCUT2D eigenvalue weighted by molar-refractivity contribution is 0.0751. The highest BCUT2D eigenvalue weighted by molar-refractivity contribution is 7.80. The predicted octanol–water partition coefficient (Wildman–Crippen LogP) is 7.42. The average molecular weight is 614 g/mol. The van der Waals surface area contributed by atoms with Crippen molar-refractivity contribution in [2.45, 2.75) is 46.6 Å². The van der Waals surface area contributed by atoms with Crippen LogP contribution in [0.4, 0.5) is 0 Å². The van der Waals surface area contributed by atoms with Crippen molar-refractivity contribution in [1.29, 1.82) is 0 Å². The van der Waals surface area contributed by atoms with E-state index < -0.39 is 15.8 Å². The molecule has 0 aliphatic carbocycles. The highest BCUT2D eigenvalue weighted by atomic mass is 31.1. The van der Waals surface area contributed by atoms with Crippen LogP contribution in [0, 0.1) is 27.7 Å². The second-order valence-corrected chi connectivity index (χ2v) is 16.6. The van der Waals surface area contributed by atoms with Crippen LogP contribution < -0.4 is 26.5 Å². The number of rotatable bonds is 8. The van der Waals surface area contributed by atoms with Gasteiger partial charge in [-0.25, -0.2) is 0 Å². The van der Waals surface area contributed by atoms with Gasteiger partial charge in [0, 0.05) is 18.2 Å². The molecular formula is C40H41NOP2. The van der Waals surface area contributed by atoms with E-state index in [4.69, 9.17) is 0 Å². The predicted molar refractivity (Wildman–Crippen MR) is 192 cm³/mol. The van der Waals surface area contributed by atoms with Crippen LogP contribution in [-0.2, 0) is 0 Å². The summed E-state index contributed by atoms with van der Waals surface area (Å²) < 4.78 is 0. The third kappa shape index (κ3) is 6.73. The molecule has 0 spiro atoms. The van der Waals surface area contributed by atoms with Crippen molar-refractivity contribution < 1.29 is 4.79 Å². The third-order valence-corrected chi connectivity index (χ3v) is 13.5. The van der Waals surface area contributed by atoms with Crippen LogP contribution in [0.3, 0.4) is 0 Å². The third-order valence-electron chi connectivity index (χ3n) is 8.47. The second kappa shape index (κ2) is 13.6. The Labute approximate surface area is 265 Å². The van der Waals surface area contributed by atoms with Crippen molar-refractivity contribution in [1.82, 2.24) is 4.90 Å². The van der Waals surface area contributed by atoms with E-state index in [1.165, 1.54) is 43.5 Å². The molecule has 1 fully saturated rings. The van der Waals surface area contributed by atoms with Crippen molar-refractivity contribution >= 4 is 48.3 Å². The number of nitrogens with zero attached hydrogens (tertiary/aromatic N) is 1. The van der Waals surface area contributed by atoms with Gasteiger partial charge in [-0.3, -0.25) is 4.79 Å². The van der Waals surface area contributed by atoms with Gasteiger partial charge in [0.1, 0.15) is 0 Å². The van der Waals surface area contributed by atoms with Crippen LogP contribution in [0.25, 0.3) is 0 Å². The van der Waals surface area contributed by atoms with E-state index in [2.05, 4.69) is 148 Å². The van der Waals surface area contributed by atoms with Gasteiger partial charge < -0.3 is 4.90 Å². The molecular weight excluding hydrogens is 572 g/mol. The molecule has 1 saturated heterocycles. The maximum absolute atomic E-state index is 14.7. The fourth-order valence-electron chi connectivity index (χ4n) is 6.66. The first-order chi connectivity index (χ1) is 21.4. The van der Waals surface area contributed by atoms with Crippen LogP contribution in [0.1, 0.15) is 45.5 Å². The first-order valence-corrected chi connectivity index (χ1v) is 18.5. The Balaban J connectivity index is 1.37. The smallest absolute Gasteiger partial charge is 0.254 e. The summed E-state index contributed by atoms with van der Waals surface area (Å²) in [5, 5.41) is 6.50. The molecule has 5 aromatic rings. The fourth-order valence-corrected chi connectivity index (χ4v) is 12.1. The Kier molecular flexibility index (Phi) is 9.42. The van der Waals surface area contributed by atoms with E-state index in [1.807, 2.05) is 6.07 Å². The summed E-state index contributed by atoms with van der Waals surface area (Å²) in [6, 6.07) is 44.0. The van der Waals surface area contributed by atoms with Crippen LogP contribution in [0.2, 0.25) is 0 Å². The zero-order valence-electron chi connectivity index (χ0n) is 26.2. The summed E-state index contributed by atoms with van der Waals surface area (Å²) in [5.41, 5.74) is 6.07. The van der Waals surface area contributed by atoms with Crippen molar-refractivity contribution in [2.75, 3.05) is 12.7 Å². The van der Waals surface area contributed by atoms with Gasteiger partial charge in [0.25, 0.3) is 5.91 Å². The fraction of sp³-hybridized carbons (Fsp3) is 0.225. The van der Waals surface area contributed by atoms with Gasteiger partial charge in [-0.05, 0) is 95.1 Å². The highest BCUT2D eigenvalue weighted by Crippen LogP contribution is 2.40. The molecule has 5 aromatic carbocycles. The number of benzene rings is 5. The maximum atomic E-state index is 14.7. The molecule has 0 aromatic heterocycles. The minimum Gasteiger partial charge on any atom is -0.335 e. The minimum atomic E-state index is -0.875. The van der Waals surface area contributed by atoms with Gasteiger partial charge in [-0.15, -0.1) is 0 Å². The molecule has 1 atom stereocenters. The number of carbonyl (C=O) groups is 1. The Hall–Kier alpha value is -3.57. The SMILES string of the molecule is Cc1cc(C)cc(P(CC2CCCN2C(=O)c2ccccc2P(c2ccccc2)c2ccccc2)c2cc(C)cc(C)c2)c1. The normalized spacial score (nSPS) is 14.9. The molecule has 1 heterocycles. The minimum absolute atomic E-state index is 0.179. The second-order valence-electron chi connectivity index (χ2n) is 12.1. The summed E-state index contributed by atoms with van der Waals surface area (Å²) in [4.78, 5) is 16.9. The number of likely N-dealkylation sites (tertiary alicyclic amines) is 1. The van der Waals surface area contributed by atoms with E-state index >= 15 is 0 Å². The summed E-state index contributed by atoms with van der Waals surface area (Å²) in [6.45, 7) is 9.61. The van der Waals surface area contributed by atoms with Crippen molar-refractivity contribution in [3.8, 4) is 0 Å². The largest absolute Gasteiger partial charge is 0.335 e. The van der Waals surface area contributed by atoms with Gasteiger partial charge in [-0.1, -0.05) is 138 Å². The Morgan fingerprint density at radius 1 is 0.636 bits per heavy atom.